The second-order valence-electron chi connectivity index (χ2n) is 12.3. The molecule has 2 aliphatic carbocycles. The van der Waals surface area contributed by atoms with Crippen LogP contribution in [0.3, 0.4) is 0 Å². The molecule has 0 unspecified atom stereocenters. The molecule has 0 radical (unpaired) electrons. The number of hydrogen-bond donors (Lipinski definition) is 1. The fourth-order valence-corrected chi connectivity index (χ4v) is 8.73. The lowest BCUT2D eigenvalue weighted by atomic mass is 9.98. The second-order valence-corrected chi connectivity index (χ2v) is 13.4. The number of amides is 3. The average Bonchev–Trinajstić information content (AvgIpc) is 3.70. The van der Waals surface area contributed by atoms with E-state index in [1.54, 1.807) is 16.2 Å². The van der Waals surface area contributed by atoms with Gasteiger partial charge in [-0.15, -0.1) is 11.3 Å². The number of ether oxygens (including phenoxy) is 1. The first kappa shape index (κ1) is 28.1. The number of aryl methyl sites for hydroxylation is 1. The molecular weight excluding hydrogens is 558 g/mol. The first-order valence-corrected chi connectivity index (χ1v) is 16.8. The molecule has 224 valence electrons. The third kappa shape index (κ3) is 5.35. The van der Waals surface area contributed by atoms with E-state index in [1.807, 2.05) is 29.2 Å². The number of hydrogen-bond acceptors (Lipinski definition) is 5. The minimum absolute atomic E-state index is 0.0314. The van der Waals surface area contributed by atoms with E-state index in [2.05, 4.69) is 29.6 Å². The second kappa shape index (κ2) is 12.2. The van der Waals surface area contributed by atoms with E-state index in [1.165, 1.54) is 16.0 Å². The van der Waals surface area contributed by atoms with Crippen LogP contribution in [0.2, 0.25) is 0 Å². The Morgan fingerprint density at radius 3 is 2.23 bits per heavy atom. The van der Waals surface area contributed by atoms with Crippen molar-refractivity contribution in [3.63, 3.8) is 0 Å². The molecule has 2 aromatic carbocycles. The topological polar surface area (TPSA) is 79.0 Å². The lowest BCUT2D eigenvalue weighted by Crippen LogP contribution is -2.44. The van der Waals surface area contributed by atoms with Crippen LogP contribution in [0.1, 0.15) is 89.2 Å². The molecule has 2 aliphatic heterocycles. The molecule has 1 atom stereocenters. The summed E-state index contributed by atoms with van der Waals surface area (Å²) in [7, 11) is 0. The molecule has 2 saturated heterocycles. The zero-order valence-corrected chi connectivity index (χ0v) is 25.4. The Bertz CT molecular complexity index is 1500. The molecule has 0 bridgehead atoms. The first-order chi connectivity index (χ1) is 21.1. The summed E-state index contributed by atoms with van der Waals surface area (Å²) in [5.74, 6) is -0.208. The van der Waals surface area contributed by atoms with Gasteiger partial charge in [-0.1, -0.05) is 55.0 Å². The molecular formula is C35H39N3O4S. The van der Waals surface area contributed by atoms with E-state index in [0.29, 0.717) is 23.5 Å². The van der Waals surface area contributed by atoms with Gasteiger partial charge in [0.15, 0.2) is 0 Å². The number of nitrogens with zero attached hydrogens (tertiary/aromatic N) is 2. The van der Waals surface area contributed by atoms with Crippen LogP contribution in [-0.4, -0.2) is 60.0 Å². The van der Waals surface area contributed by atoms with Crippen LogP contribution in [0.15, 0.2) is 48.5 Å². The van der Waals surface area contributed by atoms with Crippen LogP contribution in [0, 0.1) is 0 Å². The molecule has 2 fully saturated rings. The van der Waals surface area contributed by atoms with Gasteiger partial charge in [0.2, 0.25) is 5.91 Å². The summed E-state index contributed by atoms with van der Waals surface area (Å²) in [6, 6.07) is 15.9. The maximum atomic E-state index is 13.8. The number of anilines is 1. The number of benzene rings is 2. The van der Waals surface area contributed by atoms with Gasteiger partial charge in [-0.3, -0.25) is 14.5 Å². The molecule has 7 nitrogen and oxygen atoms in total. The zero-order valence-electron chi connectivity index (χ0n) is 24.6. The molecule has 3 heterocycles. The fourth-order valence-electron chi connectivity index (χ4n) is 7.44. The maximum absolute atomic E-state index is 13.8. The molecule has 1 aromatic heterocycles. The minimum Gasteiger partial charge on any atom is -0.448 e. The lowest BCUT2D eigenvalue weighted by Gasteiger charge is -2.28. The van der Waals surface area contributed by atoms with Gasteiger partial charge in [-0.25, -0.2) is 4.79 Å². The largest absolute Gasteiger partial charge is 0.448 e. The minimum atomic E-state index is -0.615. The molecule has 3 amide bonds. The molecule has 7 rings (SSSR count). The molecule has 4 aliphatic rings. The molecule has 1 N–H and O–H groups in total. The predicted molar refractivity (Wildman–Crippen MR) is 169 cm³/mol. The van der Waals surface area contributed by atoms with Crippen molar-refractivity contribution < 1.29 is 19.1 Å². The van der Waals surface area contributed by atoms with Crippen molar-refractivity contribution in [2.45, 2.75) is 76.2 Å². The molecule has 8 heteroatoms. The summed E-state index contributed by atoms with van der Waals surface area (Å²) in [4.78, 5) is 45.8. The van der Waals surface area contributed by atoms with E-state index in [4.69, 9.17) is 4.74 Å². The summed E-state index contributed by atoms with van der Waals surface area (Å²) in [6.45, 7) is 2.25. The molecule has 0 saturated carbocycles. The Morgan fingerprint density at radius 1 is 0.814 bits per heavy atom. The number of fused-ring (bicyclic) bond motifs is 4. The van der Waals surface area contributed by atoms with E-state index in [0.717, 1.165) is 87.6 Å². The van der Waals surface area contributed by atoms with Gasteiger partial charge in [0.1, 0.15) is 17.6 Å². The summed E-state index contributed by atoms with van der Waals surface area (Å²) in [5, 5.41) is 3.80. The SMILES string of the molecule is O=C(Nc1sc2c(c1C(=O)N1CCCCC1)CCCCC2)[C@@H]1CCCN1C(=O)OCC1c2ccccc2-c2ccccc21. The fraction of sp³-hybridized carbons (Fsp3) is 0.457. The Labute approximate surface area is 257 Å². The van der Waals surface area contributed by atoms with Crippen molar-refractivity contribution in [2.75, 3.05) is 31.6 Å². The summed E-state index contributed by atoms with van der Waals surface area (Å²) >= 11 is 1.56. The average molecular weight is 598 g/mol. The van der Waals surface area contributed by atoms with Crippen molar-refractivity contribution in [2.24, 2.45) is 0 Å². The highest BCUT2D eigenvalue weighted by molar-refractivity contribution is 7.17. The Kier molecular flexibility index (Phi) is 7.95. The zero-order chi connectivity index (χ0) is 29.3. The molecule has 43 heavy (non-hydrogen) atoms. The number of carbonyl (C=O) groups is 3. The van der Waals surface area contributed by atoms with Gasteiger partial charge < -0.3 is 15.0 Å². The van der Waals surface area contributed by atoms with Gasteiger partial charge >= 0.3 is 6.09 Å². The third-order valence-electron chi connectivity index (χ3n) is 9.64. The Hall–Kier alpha value is -3.65. The van der Waals surface area contributed by atoms with Crippen molar-refractivity contribution >= 4 is 34.2 Å². The van der Waals surface area contributed by atoms with Gasteiger partial charge in [-0.05, 0) is 85.6 Å². The highest BCUT2D eigenvalue weighted by atomic mass is 32.1. The summed E-state index contributed by atoms with van der Waals surface area (Å²) in [6.07, 6.45) is 9.24. The van der Waals surface area contributed by atoms with E-state index < -0.39 is 12.1 Å². The third-order valence-corrected chi connectivity index (χ3v) is 10.8. The molecule has 0 spiro atoms. The number of likely N-dealkylation sites (tertiary alicyclic amines) is 2. The predicted octanol–water partition coefficient (Wildman–Crippen LogP) is 7.00. The monoisotopic (exact) mass is 597 g/mol. The Balaban J connectivity index is 1.07. The van der Waals surface area contributed by atoms with Gasteiger partial charge in [0.05, 0.1) is 5.56 Å². The van der Waals surface area contributed by atoms with Crippen LogP contribution in [0.5, 0.6) is 0 Å². The number of carbonyl (C=O) groups excluding carboxylic acids is 3. The highest BCUT2D eigenvalue weighted by Gasteiger charge is 2.38. The van der Waals surface area contributed by atoms with E-state index in [9.17, 15) is 14.4 Å². The van der Waals surface area contributed by atoms with Crippen LogP contribution >= 0.6 is 11.3 Å². The number of piperidine rings is 1. The smallest absolute Gasteiger partial charge is 0.410 e. The lowest BCUT2D eigenvalue weighted by molar-refractivity contribution is -0.120. The van der Waals surface area contributed by atoms with Crippen LogP contribution in [0.4, 0.5) is 9.80 Å². The van der Waals surface area contributed by atoms with Crippen molar-refractivity contribution in [3.8, 4) is 11.1 Å². The van der Waals surface area contributed by atoms with Crippen LogP contribution < -0.4 is 5.32 Å². The quantitative estimate of drug-likeness (QED) is 0.322. The van der Waals surface area contributed by atoms with Crippen molar-refractivity contribution in [3.05, 3.63) is 75.7 Å². The van der Waals surface area contributed by atoms with Gasteiger partial charge in [-0.2, -0.15) is 0 Å². The van der Waals surface area contributed by atoms with Crippen LogP contribution in [0.25, 0.3) is 11.1 Å². The van der Waals surface area contributed by atoms with Gasteiger partial charge in [0, 0.05) is 30.4 Å². The standard InChI is InChI=1S/C35H39N3O4S/c39-32(36-33-31(34(40)37-19-9-2-10-20-37)27-16-3-1-4-18-30(27)43-33)29-17-11-21-38(29)35(41)42-22-28-25-14-7-5-12-23(25)24-13-6-8-15-26(24)28/h5-8,12-15,28-29H,1-4,9-11,16-22H2,(H,36,39)/t29-/m0/s1. The molecule has 3 aromatic rings. The van der Waals surface area contributed by atoms with Crippen LogP contribution in [-0.2, 0) is 22.4 Å². The number of nitrogens with one attached hydrogen (secondary N) is 1. The van der Waals surface area contributed by atoms with Gasteiger partial charge in [0.25, 0.3) is 5.91 Å². The Morgan fingerprint density at radius 2 is 1.49 bits per heavy atom. The van der Waals surface area contributed by atoms with E-state index in [-0.39, 0.29) is 24.3 Å². The first-order valence-electron chi connectivity index (χ1n) is 16.0. The normalized spacial score (nSPS) is 19.8. The van der Waals surface area contributed by atoms with Crippen molar-refractivity contribution in [1.29, 1.82) is 0 Å². The highest BCUT2D eigenvalue weighted by Crippen LogP contribution is 2.45. The maximum Gasteiger partial charge on any atom is 0.410 e. The summed E-state index contributed by atoms with van der Waals surface area (Å²) in [5.41, 5.74) is 6.52. The van der Waals surface area contributed by atoms with Crippen molar-refractivity contribution in [1.82, 2.24) is 9.80 Å². The number of thiophene rings is 1. The van der Waals surface area contributed by atoms with E-state index >= 15 is 0 Å². The summed E-state index contributed by atoms with van der Waals surface area (Å²) < 4.78 is 5.92. The number of rotatable bonds is 5.